The van der Waals surface area contributed by atoms with Crippen LogP contribution in [0.3, 0.4) is 0 Å². The molecule has 3 aliphatic rings. The van der Waals surface area contributed by atoms with Crippen molar-refractivity contribution in [2.75, 3.05) is 23.7 Å². The third-order valence-corrected chi connectivity index (χ3v) is 6.57. The number of piperidine rings is 1. The van der Waals surface area contributed by atoms with Crippen LogP contribution in [0.5, 0.6) is 5.75 Å². The van der Waals surface area contributed by atoms with Gasteiger partial charge in [0.2, 0.25) is 5.79 Å². The maximum absolute atomic E-state index is 12.3. The first kappa shape index (κ1) is 19.7. The summed E-state index contributed by atoms with van der Waals surface area (Å²) in [5.74, 6) is 0.339. The van der Waals surface area contributed by atoms with Gasteiger partial charge in [-0.2, -0.15) is 0 Å². The number of halogens is 1. The molecule has 30 heavy (non-hydrogen) atoms. The fraction of sp³-hybridized carbons (Fsp3) is 0.435. The van der Waals surface area contributed by atoms with E-state index in [2.05, 4.69) is 15.5 Å². The standard InChI is InChI=1S/C23H26ClN3O3/c24-17-3-1-4-18(14-17)25-22(28)26-19-7-8-21-16(13-19)15-29-23(30-21)9-11-27(12-10-23)20-5-2-6-20/h1,3-4,7-8,13-14,20H,2,5-6,9-12,15H2,(H2,25,26,28). The zero-order valence-corrected chi connectivity index (χ0v) is 17.6. The number of hydrogen-bond acceptors (Lipinski definition) is 4. The van der Waals surface area contributed by atoms with Gasteiger partial charge >= 0.3 is 6.03 Å². The summed E-state index contributed by atoms with van der Waals surface area (Å²) in [5.41, 5.74) is 2.28. The molecule has 0 bridgehead atoms. The van der Waals surface area contributed by atoms with Gasteiger partial charge in [-0.05, 0) is 49.2 Å². The van der Waals surface area contributed by atoms with Gasteiger partial charge < -0.3 is 20.1 Å². The summed E-state index contributed by atoms with van der Waals surface area (Å²) in [5, 5.41) is 6.20. The van der Waals surface area contributed by atoms with Crippen molar-refractivity contribution in [2.45, 2.75) is 50.5 Å². The second-order valence-corrected chi connectivity index (χ2v) is 8.77. The summed E-state index contributed by atoms with van der Waals surface area (Å²) in [6, 6.07) is 13.2. The van der Waals surface area contributed by atoms with E-state index < -0.39 is 5.79 Å². The first-order valence-electron chi connectivity index (χ1n) is 10.6. The van der Waals surface area contributed by atoms with Crippen LogP contribution >= 0.6 is 11.6 Å². The maximum Gasteiger partial charge on any atom is 0.323 e. The zero-order chi connectivity index (χ0) is 20.6. The number of carbonyl (C=O) groups excluding carboxylic acids is 1. The number of nitrogens with one attached hydrogen (secondary N) is 2. The van der Waals surface area contributed by atoms with Crippen molar-refractivity contribution in [3.8, 4) is 5.75 Å². The normalized spacial score (nSPS) is 20.7. The number of ether oxygens (including phenoxy) is 2. The lowest BCUT2D eigenvalue weighted by Crippen LogP contribution is -2.54. The Morgan fingerprint density at radius 3 is 2.53 bits per heavy atom. The van der Waals surface area contributed by atoms with E-state index in [0.29, 0.717) is 23.0 Å². The van der Waals surface area contributed by atoms with Gasteiger partial charge in [0.05, 0.1) is 6.61 Å². The van der Waals surface area contributed by atoms with E-state index in [-0.39, 0.29) is 6.03 Å². The Hall–Kier alpha value is -2.28. The van der Waals surface area contributed by atoms with Crippen LogP contribution in [0, 0.1) is 0 Å². The first-order valence-corrected chi connectivity index (χ1v) is 11.0. The Morgan fingerprint density at radius 1 is 1.07 bits per heavy atom. The quantitative estimate of drug-likeness (QED) is 0.703. The molecule has 1 saturated carbocycles. The van der Waals surface area contributed by atoms with Crippen LogP contribution in [0.25, 0.3) is 0 Å². The molecule has 1 saturated heterocycles. The number of nitrogens with zero attached hydrogens (tertiary/aromatic N) is 1. The highest BCUT2D eigenvalue weighted by Crippen LogP contribution is 2.40. The first-order chi connectivity index (χ1) is 14.6. The monoisotopic (exact) mass is 427 g/mol. The van der Waals surface area contributed by atoms with Crippen LogP contribution in [0.2, 0.25) is 5.02 Å². The van der Waals surface area contributed by atoms with Gasteiger partial charge in [0.25, 0.3) is 0 Å². The number of rotatable bonds is 3. The fourth-order valence-corrected chi connectivity index (χ4v) is 4.59. The molecule has 2 fully saturated rings. The van der Waals surface area contributed by atoms with Gasteiger partial charge in [-0.1, -0.05) is 24.1 Å². The molecule has 0 unspecified atom stereocenters. The summed E-state index contributed by atoms with van der Waals surface area (Å²) >= 11 is 5.96. The second-order valence-electron chi connectivity index (χ2n) is 8.33. The van der Waals surface area contributed by atoms with Crippen molar-refractivity contribution in [2.24, 2.45) is 0 Å². The highest BCUT2D eigenvalue weighted by atomic mass is 35.5. The highest BCUT2D eigenvalue weighted by molar-refractivity contribution is 6.30. The minimum Gasteiger partial charge on any atom is -0.462 e. The zero-order valence-electron chi connectivity index (χ0n) is 16.8. The summed E-state index contributed by atoms with van der Waals surface area (Å²) in [7, 11) is 0. The molecular weight excluding hydrogens is 402 g/mol. The predicted molar refractivity (Wildman–Crippen MR) is 117 cm³/mol. The molecule has 1 aliphatic carbocycles. The predicted octanol–water partition coefficient (Wildman–Crippen LogP) is 5.24. The molecule has 2 aliphatic heterocycles. The molecule has 0 atom stereocenters. The average Bonchev–Trinajstić information content (AvgIpc) is 2.69. The number of amides is 2. The van der Waals surface area contributed by atoms with Crippen LogP contribution in [0.15, 0.2) is 42.5 Å². The molecule has 158 valence electrons. The number of carbonyl (C=O) groups is 1. The third-order valence-electron chi connectivity index (χ3n) is 6.34. The minimum atomic E-state index is -0.508. The molecule has 2 amide bonds. The summed E-state index contributed by atoms with van der Waals surface area (Å²) in [6.07, 6.45) is 5.81. The number of likely N-dealkylation sites (tertiary alicyclic amines) is 1. The van der Waals surface area contributed by atoms with Gasteiger partial charge in [0.1, 0.15) is 5.75 Å². The molecule has 2 aromatic rings. The van der Waals surface area contributed by atoms with Crippen molar-refractivity contribution in [1.82, 2.24) is 4.90 Å². The van der Waals surface area contributed by atoms with Crippen LogP contribution in [-0.2, 0) is 11.3 Å². The lowest BCUT2D eigenvalue weighted by molar-refractivity contribution is -0.231. The van der Waals surface area contributed by atoms with Crippen LogP contribution in [0.1, 0.15) is 37.7 Å². The van der Waals surface area contributed by atoms with Crippen molar-refractivity contribution in [3.63, 3.8) is 0 Å². The third kappa shape index (κ3) is 4.13. The fourth-order valence-electron chi connectivity index (χ4n) is 4.40. The molecule has 0 radical (unpaired) electrons. The minimum absolute atomic E-state index is 0.324. The Kier molecular flexibility index (Phi) is 5.31. The van der Waals surface area contributed by atoms with E-state index in [9.17, 15) is 4.79 Å². The van der Waals surface area contributed by atoms with Crippen LogP contribution in [0.4, 0.5) is 16.2 Å². The lowest BCUT2D eigenvalue weighted by Gasteiger charge is -2.47. The van der Waals surface area contributed by atoms with Gasteiger partial charge in [-0.25, -0.2) is 4.79 Å². The second kappa shape index (κ2) is 8.10. The number of benzene rings is 2. The number of fused-ring (bicyclic) bond motifs is 1. The Morgan fingerprint density at radius 2 is 1.83 bits per heavy atom. The number of urea groups is 1. The van der Waals surface area contributed by atoms with E-state index in [4.69, 9.17) is 21.1 Å². The highest BCUT2D eigenvalue weighted by Gasteiger charge is 2.42. The lowest BCUT2D eigenvalue weighted by atomic mass is 9.89. The van der Waals surface area contributed by atoms with Crippen molar-refractivity contribution in [3.05, 3.63) is 53.1 Å². The van der Waals surface area contributed by atoms with Crippen molar-refractivity contribution in [1.29, 1.82) is 0 Å². The topological polar surface area (TPSA) is 62.8 Å². The molecular formula is C23H26ClN3O3. The number of hydrogen-bond donors (Lipinski definition) is 2. The molecule has 2 heterocycles. The average molecular weight is 428 g/mol. The van der Waals surface area contributed by atoms with Crippen LogP contribution in [-0.4, -0.2) is 35.8 Å². The van der Waals surface area contributed by atoms with E-state index in [1.165, 1.54) is 19.3 Å². The van der Waals surface area contributed by atoms with E-state index in [1.807, 2.05) is 18.2 Å². The molecule has 5 rings (SSSR count). The molecule has 2 N–H and O–H groups in total. The largest absolute Gasteiger partial charge is 0.462 e. The summed E-state index contributed by atoms with van der Waals surface area (Å²) < 4.78 is 12.5. The summed E-state index contributed by atoms with van der Waals surface area (Å²) in [4.78, 5) is 14.9. The van der Waals surface area contributed by atoms with Gasteiger partial charge in [-0.15, -0.1) is 0 Å². The Balaban J connectivity index is 1.20. The van der Waals surface area contributed by atoms with Gasteiger partial charge in [-0.3, -0.25) is 4.90 Å². The van der Waals surface area contributed by atoms with E-state index >= 15 is 0 Å². The maximum atomic E-state index is 12.3. The Bertz CT molecular complexity index is 939. The molecule has 1 spiro atoms. The SMILES string of the molecule is O=C(Nc1cccc(Cl)c1)Nc1ccc2c(c1)COC1(CCN(C3CCC3)CC1)O2. The number of anilines is 2. The smallest absolute Gasteiger partial charge is 0.323 e. The van der Waals surface area contributed by atoms with Crippen LogP contribution < -0.4 is 15.4 Å². The molecule has 2 aromatic carbocycles. The van der Waals surface area contributed by atoms with Crippen molar-refractivity contribution >= 4 is 29.0 Å². The molecule has 0 aromatic heterocycles. The van der Waals surface area contributed by atoms with Gasteiger partial charge in [0.15, 0.2) is 0 Å². The Labute approximate surface area is 181 Å². The van der Waals surface area contributed by atoms with E-state index in [0.717, 1.165) is 43.3 Å². The molecule has 6 nitrogen and oxygen atoms in total. The van der Waals surface area contributed by atoms with Gasteiger partial charge in [0, 0.05) is 53.9 Å². The van der Waals surface area contributed by atoms with Crippen molar-refractivity contribution < 1.29 is 14.3 Å². The van der Waals surface area contributed by atoms with E-state index in [1.54, 1.807) is 24.3 Å². The molecule has 7 heteroatoms. The summed E-state index contributed by atoms with van der Waals surface area (Å²) in [6.45, 7) is 2.55.